The number of carbonyl (C=O) groups excluding carboxylic acids is 2. The Labute approximate surface area is 160 Å². The molecule has 2 heterocycles. The lowest BCUT2D eigenvalue weighted by Gasteiger charge is -2.28. The second-order valence-corrected chi connectivity index (χ2v) is 7.49. The van der Waals surface area contributed by atoms with Crippen molar-refractivity contribution >= 4 is 23.7 Å². The van der Waals surface area contributed by atoms with Crippen LogP contribution in [0.25, 0.3) is 0 Å². The van der Waals surface area contributed by atoms with Crippen LogP contribution in [0.5, 0.6) is 11.5 Å². The number of para-hydroxylation sites is 1. The smallest absolute Gasteiger partial charge is 0.350 e. The molecule has 0 bridgehead atoms. The number of rotatable bonds is 3. The number of thioether (sulfide) groups is 1. The molecule has 0 N–H and O–H groups in total. The number of benzene rings is 3. The van der Waals surface area contributed by atoms with Gasteiger partial charge in [0.2, 0.25) is 0 Å². The Morgan fingerprint density at radius 2 is 1.56 bits per heavy atom. The maximum Gasteiger partial charge on any atom is 0.350 e. The van der Waals surface area contributed by atoms with Crippen molar-refractivity contribution in [1.29, 1.82) is 0 Å². The van der Waals surface area contributed by atoms with Crippen LogP contribution in [0.15, 0.2) is 66.7 Å². The summed E-state index contributed by atoms with van der Waals surface area (Å²) in [4.78, 5) is 24.1. The SMILES string of the molecule is O=C1OC(=O)c2c1ccc1c2Oc2ccccc2C1SCc1ccccc1. The minimum absolute atomic E-state index is 0.000965. The summed E-state index contributed by atoms with van der Waals surface area (Å²) in [5, 5.41) is -0.000965. The molecule has 2 aliphatic rings. The van der Waals surface area contributed by atoms with Crippen molar-refractivity contribution in [3.63, 3.8) is 0 Å². The van der Waals surface area contributed by atoms with E-state index in [0.29, 0.717) is 11.5 Å². The lowest BCUT2D eigenvalue weighted by Crippen LogP contribution is -2.11. The molecule has 0 spiro atoms. The summed E-state index contributed by atoms with van der Waals surface area (Å²) in [6.07, 6.45) is 0. The summed E-state index contributed by atoms with van der Waals surface area (Å²) in [6.45, 7) is 0. The normalized spacial score (nSPS) is 16.8. The van der Waals surface area contributed by atoms with Gasteiger partial charge >= 0.3 is 11.9 Å². The maximum absolute atomic E-state index is 12.2. The molecular formula is C22H14O4S. The van der Waals surface area contributed by atoms with Crippen LogP contribution in [0.2, 0.25) is 0 Å². The van der Waals surface area contributed by atoms with E-state index in [-0.39, 0.29) is 16.4 Å². The predicted octanol–water partition coefficient (Wildman–Crippen LogP) is 5.13. The Kier molecular flexibility index (Phi) is 3.76. The molecule has 0 saturated heterocycles. The molecule has 0 amide bonds. The highest BCUT2D eigenvalue weighted by atomic mass is 32.2. The molecule has 4 nitrogen and oxygen atoms in total. The van der Waals surface area contributed by atoms with E-state index in [1.54, 1.807) is 17.8 Å². The molecule has 1 atom stereocenters. The lowest BCUT2D eigenvalue weighted by atomic mass is 9.95. The molecule has 2 aliphatic heterocycles. The Morgan fingerprint density at radius 1 is 0.778 bits per heavy atom. The first-order valence-corrected chi connectivity index (χ1v) is 9.63. The minimum atomic E-state index is -0.641. The second-order valence-electron chi connectivity index (χ2n) is 6.40. The zero-order chi connectivity index (χ0) is 18.4. The van der Waals surface area contributed by atoms with Crippen molar-refractivity contribution in [2.45, 2.75) is 11.0 Å². The monoisotopic (exact) mass is 374 g/mol. The number of fused-ring (bicyclic) bond motifs is 4. The largest absolute Gasteiger partial charge is 0.456 e. The van der Waals surface area contributed by atoms with Gasteiger partial charge in [-0.25, -0.2) is 9.59 Å². The summed E-state index contributed by atoms with van der Waals surface area (Å²) in [5.74, 6) is 0.704. The number of hydrogen-bond donors (Lipinski definition) is 0. The molecule has 1 unspecified atom stereocenters. The number of cyclic esters (lactones) is 2. The molecule has 5 rings (SSSR count). The van der Waals surface area contributed by atoms with Crippen molar-refractivity contribution in [1.82, 2.24) is 0 Å². The van der Waals surface area contributed by atoms with Crippen molar-refractivity contribution < 1.29 is 19.1 Å². The third-order valence-corrected chi connectivity index (χ3v) is 6.09. The predicted molar refractivity (Wildman–Crippen MR) is 102 cm³/mol. The van der Waals surface area contributed by atoms with E-state index < -0.39 is 11.9 Å². The van der Waals surface area contributed by atoms with Crippen LogP contribution in [-0.2, 0) is 10.5 Å². The van der Waals surface area contributed by atoms with Gasteiger partial charge in [-0.05, 0) is 17.7 Å². The van der Waals surface area contributed by atoms with Crippen LogP contribution >= 0.6 is 11.8 Å². The standard InChI is InChI=1S/C22H14O4S/c23-21-15-10-11-16-19(18(15)22(24)26-21)25-17-9-5-4-8-14(17)20(16)27-12-13-6-2-1-3-7-13/h1-11,20H,12H2. The quantitative estimate of drug-likeness (QED) is 0.470. The molecule has 0 aliphatic carbocycles. The highest BCUT2D eigenvalue weighted by Gasteiger charge is 2.39. The van der Waals surface area contributed by atoms with E-state index in [9.17, 15) is 9.59 Å². The molecular weight excluding hydrogens is 360 g/mol. The van der Waals surface area contributed by atoms with Crippen LogP contribution in [0.4, 0.5) is 0 Å². The van der Waals surface area contributed by atoms with Gasteiger partial charge in [-0.1, -0.05) is 54.6 Å². The Bertz CT molecular complexity index is 1070. The molecule has 3 aromatic rings. The van der Waals surface area contributed by atoms with Gasteiger partial charge < -0.3 is 9.47 Å². The van der Waals surface area contributed by atoms with E-state index in [1.165, 1.54) is 5.56 Å². The zero-order valence-corrected chi connectivity index (χ0v) is 15.0. The molecule has 0 aromatic heterocycles. The van der Waals surface area contributed by atoms with Gasteiger partial charge in [0.1, 0.15) is 17.1 Å². The van der Waals surface area contributed by atoms with Gasteiger partial charge in [0.25, 0.3) is 0 Å². The van der Waals surface area contributed by atoms with E-state index >= 15 is 0 Å². The Balaban J connectivity index is 1.60. The second kappa shape index (κ2) is 6.28. The lowest BCUT2D eigenvalue weighted by molar-refractivity contribution is 0.0443. The first-order chi connectivity index (χ1) is 13.2. The Hall–Kier alpha value is -3.05. The van der Waals surface area contributed by atoms with Crippen LogP contribution in [0, 0.1) is 0 Å². The van der Waals surface area contributed by atoms with Gasteiger partial charge in [-0.2, -0.15) is 0 Å². The van der Waals surface area contributed by atoms with Crippen molar-refractivity contribution in [3.8, 4) is 11.5 Å². The number of hydrogen-bond acceptors (Lipinski definition) is 5. The van der Waals surface area contributed by atoms with Gasteiger partial charge in [0.15, 0.2) is 0 Å². The number of ether oxygens (including phenoxy) is 2. The molecule has 132 valence electrons. The van der Waals surface area contributed by atoms with Gasteiger partial charge in [-0.15, -0.1) is 11.8 Å². The van der Waals surface area contributed by atoms with Gasteiger partial charge in [0, 0.05) is 16.9 Å². The topological polar surface area (TPSA) is 52.6 Å². The van der Waals surface area contributed by atoms with E-state index in [0.717, 1.165) is 16.9 Å². The molecule has 5 heteroatoms. The van der Waals surface area contributed by atoms with Crippen LogP contribution in [0.1, 0.15) is 42.7 Å². The average Bonchev–Trinajstić information content (AvgIpc) is 3.00. The first-order valence-electron chi connectivity index (χ1n) is 8.58. The fourth-order valence-electron chi connectivity index (χ4n) is 3.48. The van der Waals surface area contributed by atoms with Crippen molar-refractivity contribution in [2.24, 2.45) is 0 Å². The van der Waals surface area contributed by atoms with Crippen LogP contribution in [0.3, 0.4) is 0 Å². The van der Waals surface area contributed by atoms with Gasteiger partial charge in [0.05, 0.1) is 10.8 Å². The fourth-order valence-corrected chi connectivity index (χ4v) is 4.77. The average molecular weight is 374 g/mol. The fraction of sp³-hybridized carbons (Fsp3) is 0.0909. The number of esters is 2. The summed E-state index contributed by atoms with van der Waals surface area (Å²) in [5.41, 5.74) is 3.68. The van der Waals surface area contributed by atoms with Crippen molar-refractivity contribution in [2.75, 3.05) is 0 Å². The summed E-state index contributed by atoms with van der Waals surface area (Å²) in [7, 11) is 0. The summed E-state index contributed by atoms with van der Waals surface area (Å²) >= 11 is 1.77. The molecule has 3 aromatic carbocycles. The van der Waals surface area contributed by atoms with E-state index in [1.807, 2.05) is 48.5 Å². The number of carbonyl (C=O) groups is 2. The van der Waals surface area contributed by atoms with Crippen LogP contribution in [-0.4, -0.2) is 11.9 Å². The summed E-state index contributed by atoms with van der Waals surface area (Å²) < 4.78 is 10.8. The van der Waals surface area contributed by atoms with Crippen LogP contribution < -0.4 is 4.74 Å². The highest BCUT2D eigenvalue weighted by molar-refractivity contribution is 7.99. The maximum atomic E-state index is 12.2. The summed E-state index contributed by atoms with van der Waals surface area (Å²) in [6, 6.07) is 21.6. The van der Waals surface area contributed by atoms with E-state index in [4.69, 9.17) is 9.47 Å². The molecule has 0 fully saturated rings. The van der Waals surface area contributed by atoms with Gasteiger partial charge in [-0.3, -0.25) is 0 Å². The third-order valence-electron chi connectivity index (χ3n) is 4.75. The Morgan fingerprint density at radius 3 is 2.41 bits per heavy atom. The first kappa shape index (κ1) is 16.1. The molecule has 27 heavy (non-hydrogen) atoms. The minimum Gasteiger partial charge on any atom is -0.456 e. The zero-order valence-electron chi connectivity index (χ0n) is 14.2. The highest BCUT2D eigenvalue weighted by Crippen LogP contribution is 2.52. The van der Waals surface area contributed by atoms with E-state index in [2.05, 4.69) is 12.1 Å². The molecule has 0 radical (unpaired) electrons. The third kappa shape index (κ3) is 2.62. The van der Waals surface area contributed by atoms with Crippen molar-refractivity contribution in [3.05, 3.63) is 94.5 Å². The molecule has 0 saturated carbocycles.